The van der Waals surface area contributed by atoms with Crippen LogP contribution in [0.1, 0.15) is 18.9 Å². The van der Waals surface area contributed by atoms with Gasteiger partial charge in [0.05, 0.1) is 6.61 Å². The first-order valence-corrected chi connectivity index (χ1v) is 6.74. The van der Waals surface area contributed by atoms with Gasteiger partial charge >= 0.3 is 5.97 Å². The Hall–Kier alpha value is -1.00. The molecule has 0 bridgehead atoms. The molecule has 0 saturated carbocycles. The summed E-state index contributed by atoms with van der Waals surface area (Å²) < 4.78 is 4.86. The van der Waals surface area contributed by atoms with Gasteiger partial charge in [-0.3, -0.25) is 4.79 Å². The summed E-state index contributed by atoms with van der Waals surface area (Å²) in [5, 5.41) is 0. The predicted molar refractivity (Wildman–Crippen MR) is 71.1 cm³/mol. The standard InChI is InChI=1S/C13H19NO2S/c1-3-16-13(15)11(14)8-9-17-12-7-5-4-6-10(12)2/h4-7,11H,3,8-9,14H2,1-2H3. The van der Waals surface area contributed by atoms with Gasteiger partial charge in [-0.2, -0.15) is 0 Å². The minimum absolute atomic E-state index is 0.308. The number of hydrogen-bond acceptors (Lipinski definition) is 4. The zero-order valence-corrected chi connectivity index (χ0v) is 11.1. The summed E-state index contributed by atoms with van der Waals surface area (Å²) in [7, 11) is 0. The van der Waals surface area contributed by atoms with E-state index in [1.54, 1.807) is 18.7 Å². The number of ether oxygens (including phenoxy) is 1. The molecule has 0 aliphatic rings. The van der Waals surface area contributed by atoms with E-state index in [4.69, 9.17) is 10.5 Å². The van der Waals surface area contributed by atoms with Gasteiger partial charge < -0.3 is 10.5 Å². The van der Waals surface area contributed by atoms with Crippen molar-refractivity contribution in [1.29, 1.82) is 0 Å². The third-order valence-corrected chi connectivity index (χ3v) is 3.58. The largest absolute Gasteiger partial charge is 0.465 e. The Morgan fingerprint density at radius 2 is 2.18 bits per heavy atom. The molecule has 94 valence electrons. The van der Waals surface area contributed by atoms with Crippen LogP contribution < -0.4 is 5.73 Å². The van der Waals surface area contributed by atoms with Crippen LogP contribution in [0.3, 0.4) is 0 Å². The summed E-state index contributed by atoms with van der Waals surface area (Å²) in [6.07, 6.45) is 0.637. The fourth-order valence-corrected chi connectivity index (χ4v) is 2.44. The summed E-state index contributed by atoms with van der Waals surface area (Å²) in [6, 6.07) is 7.68. The maximum Gasteiger partial charge on any atom is 0.322 e. The van der Waals surface area contributed by atoms with Crippen LogP contribution in [0.2, 0.25) is 0 Å². The van der Waals surface area contributed by atoms with Gasteiger partial charge in [-0.15, -0.1) is 11.8 Å². The zero-order valence-electron chi connectivity index (χ0n) is 10.3. The molecular formula is C13H19NO2S. The Kier molecular flexibility index (Phi) is 6.08. The summed E-state index contributed by atoms with van der Waals surface area (Å²) >= 11 is 1.72. The minimum Gasteiger partial charge on any atom is -0.465 e. The Balaban J connectivity index is 2.33. The molecule has 3 nitrogen and oxygen atoms in total. The summed E-state index contributed by atoms with van der Waals surface area (Å²) in [5.74, 6) is 0.517. The first-order chi connectivity index (χ1) is 8.15. The smallest absolute Gasteiger partial charge is 0.322 e. The molecule has 1 rings (SSSR count). The number of rotatable bonds is 6. The molecule has 0 radical (unpaired) electrons. The van der Waals surface area contributed by atoms with E-state index in [9.17, 15) is 4.79 Å². The van der Waals surface area contributed by atoms with Crippen LogP contribution in [-0.4, -0.2) is 24.4 Å². The SMILES string of the molecule is CCOC(=O)C(N)CCSc1ccccc1C. The van der Waals surface area contributed by atoms with E-state index in [0.29, 0.717) is 13.0 Å². The molecule has 0 aromatic heterocycles. The van der Waals surface area contributed by atoms with Gasteiger partial charge in [-0.05, 0) is 31.9 Å². The Morgan fingerprint density at radius 1 is 1.47 bits per heavy atom. The van der Waals surface area contributed by atoms with Gasteiger partial charge in [0, 0.05) is 10.6 Å². The van der Waals surface area contributed by atoms with E-state index in [-0.39, 0.29) is 5.97 Å². The van der Waals surface area contributed by atoms with Crippen LogP contribution in [0.4, 0.5) is 0 Å². The first-order valence-electron chi connectivity index (χ1n) is 5.75. The maximum absolute atomic E-state index is 11.3. The summed E-state index contributed by atoms with van der Waals surface area (Å²) in [4.78, 5) is 12.5. The van der Waals surface area contributed by atoms with Crippen molar-refractivity contribution in [3.05, 3.63) is 29.8 Å². The lowest BCUT2D eigenvalue weighted by molar-refractivity contribution is -0.144. The second-order valence-corrected chi connectivity index (χ2v) is 4.90. The van der Waals surface area contributed by atoms with Crippen molar-refractivity contribution in [3.63, 3.8) is 0 Å². The number of aryl methyl sites for hydroxylation is 1. The second-order valence-electron chi connectivity index (χ2n) is 3.76. The Morgan fingerprint density at radius 3 is 2.82 bits per heavy atom. The van der Waals surface area contributed by atoms with Crippen molar-refractivity contribution in [2.24, 2.45) is 5.73 Å². The number of benzene rings is 1. The lowest BCUT2D eigenvalue weighted by atomic mass is 10.2. The molecule has 0 fully saturated rings. The van der Waals surface area contributed by atoms with Crippen molar-refractivity contribution in [1.82, 2.24) is 0 Å². The van der Waals surface area contributed by atoms with E-state index < -0.39 is 6.04 Å². The highest BCUT2D eigenvalue weighted by molar-refractivity contribution is 7.99. The van der Waals surface area contributed by atoms with Gasteiger partial charge in [-0.1, -0.05) is 18.2 Å². The highest BCUT2D eigenvalue weighted by Gasteiger charge is 2.13. The molecular weight excluding hydrogens is 234 g/mol. The monoisotopic (exact) mass is 253 g/mol. The zero-order chi connectivity index (χ0) is 12.7. The van der Waals surface area contributed by atoms with Crippen LogP contribution >= 0.6 is 11.8 Å². The van der Waals surface area contributed by atoms with Gasteiger partial charge in [-0.25, -0.2) is 0 Å². The lowest BCUT2D eigenvalue weighted by Crippen LogP contribution is -2.32. The van der Waals surface area contributed by atoms with Crippen molar-refractivity contribution in [3.8, 4) is 0 Å². The fourth-order valence-electron chi connectivity index (χ4n) is 1.38. The van der Waals surface area contributed by atoms with E-state index >= 15 is 0 Å². The van der Waals surface area contributed by atoms with Crippen LogP contribution in [-0.2, 0) is 9.53 Å². The lowest BCUT2D eigenvalue weighted by Gasteiger charge is -2.10. The normalized spacial score (nSPS) is 12.2. The van der Waals surface area contributed by atoms with Crippen molar-refractivity contribution in [2.45, 2.75) is 31.2 Å². The van der Waals surface area contributed by atoms with E-state index in [2.05, 4.69) is 19.1 Å². The molecule has 2 N–H and O–H groups in total. The molecule has 0 aliphatic heterocycles. The molecule has 0 spiro atoms. The third kappa shape index (κ3) is 4.79. The first kappa shape index (κ1) is 14.1. The average Bonchev–Trinajstić information content (AvgIpc) is 2.31. The van der Waals surface area contributed by atoms with Gasteiger partial charge in [0.15, 0.2) is 0 Å². The topological polar surface area (TPSA) is 52.3 Å². The molecule has 1 unspecified atom stereocenters. The Bertz CT molecular complexity index is 368. The quantitative estimate of drug-likeness (QED) is 0.624. The highest BCUT2D eigenvalue weighted by Crippen LogP contribution is 2.22. The second kappa shape index (κ2) is 7.35. The summed E-state index contributed by atoms with van der Waals surface area (Å²) in [6.45, 7) is 4.25. The molecule has 0 saturated heterocycles. The van der Waals surface area contributed by atoms with Gasteiger partial charge in [0.1, 0.15) is 6.04 Å². The van der Waals surface area contributed by atoms with Crippen LogP contribution in [0.25, 0.3) is 0 Å². The van der Waals surface area contributed by atoms with Crippen LogP contribution in [0.15, 0.2) is 29.2 Å². The number of carbonyl (C=O) groups is 1. The summed E-state index contributed by atoms with van der Waals surface area (Å²) in [5.41, 5.74) is 6.97. The van der Waals surface area contributed by atoms with E-state index in [1.165, 1.54) is 10.5 Å². The fraction of sp³-hybridized carbons (Fsp3) is 0.462. The third-order valence-electron chi connectivity index (χ3n) is 2.37. The minimum atomic E-state index is -0.508. The van der Waals surface area contributed by atoms with E-state index in [1.807, 2.05) is 12.1 Å². The average molecular weight is 253 g/mol. The van der Waals surface area contributed by atoms with Crippen molar-refractivity contribution >= 4 is 17.7 Å². The molecule has 1 aromatic rings. The molecule has 1 aromatic carbocycles. The molecule has 4 heteroatoms. The molecule has 0 heterocycles. The van der Waals surface area contributed by atoms with Crippen molar-refractivity contribution < 1.29 is 9.53 Å². The molecule has 17 heavy (non-hydrogen) atoms. The number of thioether (sulfide) groups is 1. The Labute approximate surface area is 107 Å². The van der Waals surface area contributed by atoms with E-state index in [0.717, 1.165) is 5.75 Å². The van der Waals surface area contributed by atoms with Crippen LogP contribution in [0.5, 0.6) is 0 Å². The predicted octanol–water partition coefficient (Wildman–Crippen LogP) is 2.37. The van der Waals surface area contributed by atoms with Crippen molar-refractivity contribution in [2.75, 3.05) is 12.4 Å². The number of hydrogen-bond donors (Lipinski definition) is 1. The van der Waals surface area contributed by atoms with Gasteiger partial charge in [0.25, 0.3) is 0 Å². The molecule has 1 atom stereocenters. The molecule has 0 amide bonds. The van der Waals surface area contributed by atoms with Gasteiger partial charge in [0.2, 0.25) is 0 Å². The van der Waals surface area contributed by atoms with Crippen LogP contribution in [0, 0.1) is 6.92 Å². The number of nitrogens with two attached hydrogens (primary N) is 1. The highest BCUT2D eigenvalue weighted by atomic mass is 32.2. The number of esters is 1. The molecule has 0 aliphatic carbocycles. The maximum atomic E-state index is 11.3. The number of carbonyl (C=O) groups excluding carboxylic acids is 1.